The summed E-state index contributed by atoms with van der Waals surface area (Å²) in [6, 6.07) is 7.44. The van der Waals surface area contributed by atoms with Gasteiger partial charge in [0, 0.05) is 6.20 Å². The fourth-order valence-corrected chi connectivity index (χ4v) is 2.13. The van der Waals surface area contributed by atoms with Crippen LogP contribution in [-0.2, 0) is 0 Å². The summed E-state index contributed by atoms with van der Waals surface area (Å²) in [5, 5.41) is 11.9. The third kappa shape index (κ3) is 2.57. The highest BCUT2D eigenvalue weighted by molar-refractivity contribution is 6.42. The summed E-state index contributed by atoms with van der Waals surface area (Å²) in [7, 11) is 1.86. The second-order valence-electron chi connectivity index (χ2n) is 3.54. The number of hydrogen-bond donors (Lipinski definition) is 1. The van der Waals surface area contributed by atoms with Crippen LogP contribution in [0.4, 0.5) is 0 Å². The Balaban J connectivity index is 2.46. The first-order valence-corrected chi connectivity index (χ1v) is 5.87. The third-order valence-electron chi connectivity index (χ3n) is 2.52. The molecule has 0 fully saturated rings. The van der Waals surface area contributed by atoms with E-state index < -0.39 is 0 Å². The van der Waals surface area contributed by atoms with E-state index >= 15 is 0 Å². The van der Waals surface area contributed by atoms with Gasteiger partial charge >= 0.3 is 0 Å². The highest BCUT2D eigenvalue weighted by Crippen LogP contribution is 2.32. The van der Waals surface area contributed by atoms with Crippen molar-refractivity contribution < 1.29 is 0 Å². The average Bonchev–Trinajstić information content (AvgIpc) is 2.37. The molecule has 0 aliphatic heterocycles. The van der Waals surface area contributed by atoms with Gasteiger partial charge in [0.1, 0.15) is 0 Å². The van der Waals surface area contributed by atoms with Crippen LogP contribution in [0.1, 0.15) is 17.2 Å². The molecule has 1 aromatic heterocycles. The van der Waals surface area contributed by atoms with Crippen LogP contribution in [0.3, 0.4) is 0 Å². The minimum atomic E-state index is -0.0447. The van der Waals surface area contributed by atoms with Crippen molar-refractivity contribution in [2.45, 2.75) is 6.04 Å². The smallest absolute Gasteiger partial charge is 0.0643 e. The van der Waals surface area contributed by atoms with Crippen molar-refractivity contribution in [3.05, 3.63) is 57.8 Å². The topological polar surface area (TPSA) is 37.8 Å². The lowest BCUT2D eigenvalue weighted by atomic mass is 10.0. The van der Waals surface area contributed by atoms with Crippen molar-refractivity contribution in [2.24, 2.45) is 0 Å². The van der Waals surface area contributed by atoms with E-state index in [0.29, 0.717) is 10.0 Å². The second-order valence-corrected chi connectivity index (χ2v) is 4.33. The minimum Gasteiger partial charge on any atom is -0.309 e. The molecule has 0 saturated heterocycles. The van der Waals surface area contributed by atoms with Crippen molar-refractivity contribution in [1.82, 2.24) is 15.5 Å². The van der Waals surface area contributed by atoms with Gasteiger partial charge in [-0.1, -0.05) is 35.3 Å². The molecule has 2 aromatic rings. The van der Waals surface area contributed by atoms with Crippen molar-refractivity contribution in [1.29, 1.82) is 0 Å². The van der Waals surface area contributed by atoms with Crippen molar-refractivity contribution in [3.63, 3.8) is 0 Å². The van der Waals surface area contributed by atoms with Gasteiger partial charge in [0.25, 0.3) is 0 Å². The van der Waals surface area contributed by atoms with Gasteiger partial charge in [-0.25, -0.2) is 0 Å². The molecular weight excluding hydrogens is 257 g/mol. The summed E-state index contributed by atoms with van der Waals surface area (Å²) in [5.74, 6) is 0. The van der Waals surface area contributed by atoms with Crippen molar-refractivity contribution in [2.75, 3.05) is 7.05 Å². The van der Waals surface area contributed by atoms with Gasteiger partial charge in [0.2, 0.25) is 0 Å². The summed E-state index contributed by atoms with van der Waals surface area (Å²) in [6.45, 7) is 0. The molecule has 0 radical (unpaired) electrons. The van der Waals surface area contributed by atoms with E-state index in [9.17, 15) is 0 Å². The van der Waals surface area contributed by atoms with E-state index in [2.05, 4.69) is 15.5 Å². The van der Waals surface area contributed by atoms with Gasteiger partial charge in [-0.05, 0) is 30.3 Å². The molecule has 0 saturated carbocycles. The molecular formula is C12H11Cl2N3. The predicted octanol–water partition coefficient (Wildman–Crippen LogP) is 3.09. The largest absolute Gasteiger partial charge is 0.309 e. The number of halogens is 2. The molecule has 0 spiro atoms. The molecule has 1 N–H and O–H groups in total. The molecule has 88 valence electrons. The van der Waals surface area contributed by atoms with Gasteiger partial charge in [-0.3, -0.25) is 0 Å². The Bertz CT molecular complexity index is 502. The van der Waals surface area contributed by atoms with Gasteiger partial charge < -0.3 is 5.32 Å². The number of nitrogens with one attached hydrogen (secondary N) is 1. The zero-order valence-corrected chi connectivity index (χ0v) is 10.7. The van der Waals surface area contributed by atoms with Gasteiger partial charge in [0.05, 0.1) is 22.3 Å². The SMILES string of the molecule is CNC(c1ccnnc1)c1cccc(Cl)c1Cl. The molecule has 1 aromatic carbocycles. The van der Waals surface area contributed by atoms with Gasteiger partial charge in [0.15, 0.2) is 0 Å². The summed E-state index contributed by atoms with van der Waals surface area (Å²) in [5.41, 5.74) is 1.92. The maximum atomic E-state index is 6.21. The van der Waals surface area contributed by atoms with Crippen LogP contribution >= 0.6 is 23.2 Å². The summed E-state index contributed by atoms with van der Waals surface area (Å²) in [6.07, 6.45) is 3.36. The van der Waals surface area contributed by atoms with Crippen LogP contribution in [0.5, 0.6) is 0 Å². The fourth-order valence-electron chi connectivity index (χ4n) is 1.72. The van der Waals surface area contributed by atoms with E-state index in [1.54, 1.807) is 18.5 Å². The van der Waals surface area contributed by atoms with E-state index in [0.717, 1.165) is 11.1 Å². The van der Waals surface area contributed by atoms with Crippen LogP contribution in [0, 0.1) is 0 Å². The molecule has 5 heteroatoms. The average molecular weight is 268 g/mol. The van der Waals surface area contributed by atoms with Gasteiger partial charge in [-0.15, -0.1) is 0 Å². The number of aromatic nitrogens is 2. The molecule has 1 unspecified atom stereocenters. The predicted molar refractivity (Wildman–Crippen MR) is 69.4 cm³/mol. The quantitative estimate of drug-likeness (QED) is 0.929. The second kappa shape index (κ2) is 5.45. The minimum absolute atomic E-state index is 0.0447. The normalized spacial score (nSPS) is 12.4. The maximum Gasteiger partial charge on any atom is 0.0643 e. The van der Waals surface area contributed by atoms with E-state index in [1.807, 2.05) is 25.2 Å². The molecule has 1 heterocycles. The number of hydrogen-bond acceptors (Lipinski definition) is 3. The lowest BCUT2D eigenvalue weighted by molar-refractivity contribution is 0.685. The van der Waals surface area contributed by atoms with Crippen molar-refractivity contribution in [3.8, 4) is 0 Å². The zero-order valence-electron chi connectivity index (χ0n) is 9.19. The Morgan fingerprint density at radius 3 is 2.65 bits per heavy atom. The van der Waals surface area contributed by atoms with E-state index in [4.69, 9.17) is 23.2 Å². The standard InChI is InChI=1S/C12H11Cl2N3/c1-15-12(8-5-6-16-17-7-8)9-3-2-4-10(13)11(9)14/h2-7,12,15H,1H3. The van der Waals surface area contributed by atoms with Crippen LogP contribution in [0.25, 0.3) is 0 Å². The fraction of sp³-hybridized carbons (Fsp3) is 0.167. The molecule has 17 heavy (non-hydrogen) atoms. The van der Waals surface area contributed by atoms with E-state index in [1.165, 1.54) is 0 Å². The molecule has 0 bridgehead atoms. The first-order valence-electron chi connectivity index (χ1n) is 5.12. The number of nitrogens with zero attached hydrogens (tertiary/aromatic N) is 2. The summed E-state index contributed by atoms with van der Waals surface area (Å²) >= 11 is 12.2. The summed E-state index contributed by atoms with van der Waals surface area (Å²) in [4.78, 5) is 0. The molecule has 0 amide bonds. The summed E-state index contributed by atoms with van der Waals surface area (Å²) < 4.78 is 0. The molecule has 3 nitrogen and oxygen atoms in total. The molecule has 1 atom stereocenters. The lowest BCUT2D eigenvalue weighted by Gasteiger charge is -2.18. The molecule has 0 aliphatic carbocycles. The monoisotopic (exact) mass is 267 g/mol. The Morgan fingerprint density at radius 1 is 1.18 bits per heavy atom. The van der Waals surface area contributed by atoms with E-state index in [-0.39, 0.29) is 6.04 Å². The first-order chi connectivity index (χ1) is 8.24. The van der Waals surface area contributed by atoms with Crippen molar-refractivity contribution >= 4 is 23.2 Å². The molecule has 2 rings (SSSR count). The Labute approximate surface area is 110 Å². The zero-order chi connectivity index (χ0) is 12.3. The van der Waals surface area contributed by atoms with Gasteiger partial charge in [-0.2, -0.15) is 10.2 Å². The first kappa shape index (κ1) is 12.3. The highest BCUT2D eigenvalue weighted by Gasteiger charge is 2.16. The highest BCUT2D eigenvalue weighted by atomic mass is 35.5. The Hall–Kier alpha value is -1.16. The third-order valence-corrected chi connectivity index (χ3v) is 3.36. The van der Waals surface area contributed by atoms with Crippen LogP contribution in [0.15, 0.2) is 36.7 Å². The Kier molecular flexibility index (Phi) is 3.94. The number of benzene rings is 1. The van der Waals surface area contributed by atoms with Crippen LogP contribution in [-0.4, -0.2) is 17.2 Å². The van der Waals surface area contributed by atoms with Crippen LogP contribution < -0.4 is 5.32 Å². The van der Waals surface area contributed by atoms with Crippen LogP contribution in [0.2, 0.25) is 10.0 Å². The Morgan fingerprint density at radius 2 is 2.00 bits per heavy atom. The molecule has 0 aliphatic rings. The number of rotatable bonds is 3. The maximum absolute atomic E-state index is 6.21. The lowest BCUT2D eigenvalue weighted by Crippen LogP contribution is -2.18.